The molecule has 0 atom stereocenters. The van der Waals surface area contributed by atoms with Crippen LogP contribution in [0.2, 0.25) is 0 Å². The highest BCUT2D eigenvalue weighted by Crippen LogP contribution is 2.12. The largest absolute Gasteiger partial charge is 0.274 e. The van der Waals surface area contributed by atoms with Crippen LogP contribution in [0.25, 0.3) is 11.0 Å². The average Bonchev–Trinajstić information content (AvgIpc) is 3.05. The van der Waals surface area contributed by atoms with E-state index in [-0.39, 0.29) is 0 Å². The lowest BCUT2D eigenvalue weighted by Crippen LogP contribution is -2.27. The molecule has 4 heteroatoms. The summed E-state index contributed by atoms with van der Waals surface area (Å²) in [4.78, 5) is 4.14. The fraction of sp³-hybridized carbons (Fsp3) is 0.143. The summed E-state index contributed by atoms with van der Waals surface area (Å²) < 4.78 is 0. The maximum Gasteiger partial charge on any atom is 0.113 e. The van der Waals surface area contributed by atoms with Gasteiger partial charge in [0.2, 0.25) is 0 Å². The van der Waals surface area contributed by atoms with Crippen LogP contribution in [-0.2, 0) is 19.8 Å². The van der Waals surface area contributed by atoms with Crippen LogP contribution in [0.15, 0.2) is 84.9 Å². The van der Waals surface area contributed by atoms with Gasteiger partial charge >= 0.3 is 0 Å². The SMILES string of the molecule is c1ccc(CN(Cc2ccccc2)Cn2nc3ccccc3n2)cc1. The van der Waals surface area contributed by atoms with Crippen molar-refractivity contribution in [1.29, 1.82) is 0 Å². The zero-order valence-electron chi connectivity index (χ0n) is 14.0. The van der Waals surface area contributed by atoms with E-state index in [0.29, 0.717) is 6.67 Å². The molecule has 0 radical (unpaired) electrons. The Kier molecular flexibility index (Phi) is 4.53. The molecule has 0 aliphatic heterocycles. The third-order valence-corrected chi connectivity index (χ3v) is 4.15. The Hall–Kier alpha value is -2.98. The fourth-order valence-electron chi connectivity index (χ4n) is 2.99. The van der Waals surface area contributed by atoms with Gasteiger partial charge in [0, 0.05) is 13.1 Å². The van der Waals surface area contributed by atoms with Gasteiger partial charge in [0.15, 0.2) is 0 Å². The summed E-state index contributed by atoms with van der Waals surface area (Å²) in [6.45, 7) is 2.36. The molecule has 0 saturated carbocycles. The van der Waals surface area contributed by atoms with E-state index in [1.54, 1.807) is 4.80 Å². The molecule has 0 saturated heterocycles. The third kappa shape index (κ3) is 3.92. The first-order valence-electron chi connectivity index (χ1n) is 8.47. The predicted molar refractivity (Wildman–Crippen MR) is 99.7 cm³/mol. The van der Waals surface area contributed by atoms with Crippen molar-refractivity contribution in [2.75, 3.05) is 0 Å². The van der Waals surface area contributed by atoms with E-state index in [0.717, 1.165) is 24.1 Å². The molecule has 1 heterocycles. The molecule has 0 aliphatic rings. The Bertz CT molecular complexity index is 857. The van der Waals surface area contributed by atoms with Gasteiger partial charge in [0.05, 0.1) is 0 Å². The quantitative estimate of drug-likeness (QED) is 0.534. The lowest BCUT2D eigenvalue weighted by atomic mass is 10.2. The normalized spacial score (nSPS) is 11.2. The van der Waals surface area contributed by atoms with E-state index < -0.39 is 0 Å². The van der Waals surface area contributed by atoms with E-state index in [1.807, 2.05) is 36.4 Å². The summed E-state index contributed by atoms with van der Waals surface area (Å²) in [6, 6.07) is 29.0. The van der Waals surface area contributed by atoms with Gasteiger partial charge in [-0.2, -0.15) is 15.0 Å². The Morgan fingerprint density at radius 1 is 0.600 bits per heavy atom. The molecule has 0 aliphatic carbocycles. The summed E-state index contributed by atoms with van der Waals surface area (Å²) in [5.74, 6) is 0. The summed E-state index contributed by atoms with van der Waals surface area (Å²) in [5.41, 5.74) is 4.44. The van der Waals surface area contributed by atoms with Crippen LogP contribution in [-0.4, -0.2) is 19.9 Å². The zero-order chi connectivity index (χ0) is 16.9. The van der Waals surface area contributed by atoms with Gasteiger partial charge in [-0.25, -0.2) is 0 Å². The Labute approximate surface area is 147 Å². The first kappa shape index (κ1) is 15.5. The number of benzene rings is 3. The lowest BCUT2D eigenvalue weighted by molar-refractivity contribution is 0.178. The Morgan fingerprint density at radius 2 is 1.04 bits per heavy atom. The zero-order valence-corrected chi connectivity index (χ0v) is 14.0. The van der Waals surface area contributed by atoms with Gasteiger partial charge in [-0.15, -0.1) is 0 Å². The first-order chi connectivity index (χ1) is 12.4. The number of nitrogens with zero attached hydrogens (tertiary/aromatic N) is 4. The molecule has 1 aromatic heterocycles. The average molecular weight is 328 g/mol. The molecular formula is C21H20N4. The molecule has 4 rings (SSSR count). The molecule has 4 nitrogen and oxygen atoms in total. The minimum absolute atomic E-state index is 0.651. The van der Waals surface area contributed by atoms with Crippen molar-refractivity contribution in [2.45, 2.75) is 19.8 Å². The maximum absolute atomic E-state index is 4.60. The molecule has 124 valence electrons. The van der Waals surface area contributed by atoms with E-state index in [4.69, 9.17) is 0 Å². The third-order valence-electron chi connectivity index (χ3n) is 4.15. The Morgan fingerprint density at radius 3 is 1.52 bits per heavy atom. The second kappa shape index (κ2) is 7.28. The molecule has 0 bridgehead atoms. The molecule has 3 aromatic carbocycles. The highest BCUT2D eigenvalue weighted by Gasteiger charge is 2.10. The fourth-order valence-corrected chi connectivity index (χ4v) is 2.99. The van der Waals surface area contributed by atoms with E-state index in [2.05, 4.69) is 63.6 Å². The van der Waals surface area contributed by atoms with Crippen LogP contribution in [0, 0.1) is 0 Å². The van der Waals surface area contributed by atoms with Crippen LogP contribution in [0.4, 0.5) is 0 Å². The second-order valence-corrected chi connectivity index (χ2v) is 6.16. The smallest absolute Gasteiger partial charge is 0.113 e. The van der Waals surface area contributed by atoms with Crippen molar-refractivity contribution < 1.29 is 0 Å². The maximum atomic E-state index is 4.60. The molecule has 4 aromatic rings. The van der Waals surface area contributed by atoms with Crippen LogP contribution in [0.3, 0.4) is 0 Å². The number of aromatic nitrogens is 3. The molecule has 0 unspecified atom stereocenters. The van der Waals surface area contributed by atoms with Crippen molar-refractivity contribution in [3.05, 3.63) is 96.1 Å². The molecule has 0 N–H and O–H groups in total. The second-order valence-electron chi connectivity index (χ2n) is 6.16. The van der Waals surface area contributed by atoms with E-state index in [9.17, 15) is 0 Å². The minimum atomic E-state index is 0.651. The van der Waals surface area contributed by atoms with Crippen molar-refractivity contribution in [1.82, 2.24) is 19.9 Å². The summed E-state index contributed by atoms with van der Waals surface area (Å²) in [7, 11) is 0. The number of hydrogen-bond acceptors (Lipinski definition) is 3. The van der Waals surface area contributed by atoms with E-state index >= 15 is 0 Å². The van der Waals surface area contributed by atoms with Crippen molar-refractivity contribution in [2.24, 2.45) is 0 Å². The molecule has 0 fully saturated rings. The van der Waals surface area contributed by atoms with Gasteiger partial charge < -0.3 is 0 Å². The van der Waals surface area contributed by atoms with Crippen LogP contribution < -0.4 is 0 Å². The van der Waals surface area contributed by atoms with Gasteiger partial charge in [0.25, 0.3) is 0 Å². The first-order valence-corrected chi connectivity index (χ1v) is 8.47. The minimum Gasteiger partial charge on any atom is -0.274 e. The van der Waals surface area contributed by atoms with Crippen molar-refractivity contribution >= 4 is 11.0 Å². The molecule has 0 spiro atoms. The van der Waals surface area contributed by atoms with Gasteiger partial charge in [-0.05, 0) is 23.3 Å². The van der Waals surface area contributed by atoms with Crippen LogP contribution in [0.1, 0.15) is 11.1 Å². The topological polar surface area (TPSA) is 34.0 Å². The monoisotopic (exact) mass is 328 g/mol. The molecule has 25 heavy (non-hydrogen) atoms. The molecular weight excluding hydrogens is 308 g/mol. The summed E-state index contributed by atoms with van der Waals surface area (Å²) >= 11 is 0. The van der Waals surface area contributed by atoms with Gasteiger partial charge in [-0.1, -0.05) is 72.8 Å². The van der Waals surface area contributed by atoms with Gasteiger partial charge in [0.1, 0.15) is 17.7 Å². The number of hydrogen-bond donors (Lipinski definition) is 0. The van der Waals surface area contributed by atoms with Crippen LogP contribution >= 0.6 is 0 Å². The standard InChI is InChI=1S/C21H20N4/c1-3-9-18(10-4-1)15-24(16-19-11-5-2-6-12-19)17-25-22-20-13-7-8-14-21(20)23-25/h1-14H,15-17H2. The van der Waals surface area contributed by atoms with E-state index in [1.165, 1.54) is 11.1 Å². The lowest BCUT2D eigenvalue weighted by Gasteiger charge is -2.22. The Balaban J connectivity index is 1.57. The van der Waals surface area contributed by atoms with Gasteiger partial charge in [-0.3, -0.25) is 4.90 Å². The number of rotatable bonds is 6. The van der Waals surface area contributed by atoms with Crippen molar-refractivity contribution in [3.63, 3.8) is 0 Å². The number of fused-ring (bicyclic) bond motifs is 1. The summed E-state index contributed by atoms with van der Waals surface area (Å²) in [5, 5.41) is 9.20. The predicted octanol–water partition coefficient (Wildman–Crippen LogP) is 4.09. The highest BCUT2D eigenvalue weighted by atomic mass is 15.5. The van der Waals surface area contributed by atoms with Crippen LogP contribution in [0.5, 0.6) is 0 Å². The van der Waals surface area contributed by atoms with Crippen molar-refractivity contribution in [3.8, 4) is 0 Å². The highest BCUT2D eigenvalue weighted by molar-refractivity contribution is 5.72. The molecule has 0 amide bonds. The summed E-state index contributed by atoms with van der Waals surface area (Å²) in [6.07, 6.45) is 0.